The highest BCUT2D eigenvalue weighted by Crippen LogP contribution is 2.52. The Bertz CT molecular complexity index is 857. The minimum absolute atomic E-state index is 0.0792. The number of carbonyl (C=O) groups excluding carboxylic acids is 1. The zero-order valence-corrected chi connectivity index (χ0v) is 15.5. The van der Waals surface area contributed by atoms with Gasteiger partial charge in [0.15, 0.2) is 0 Å². The van der Waals surface area contributed by atoms with Crippen LogP contribution in [0.15, 0.2) is 24.8 Å². The molecule has 1 aliphatic rings. The average Bonchev–Trinajstić information content (AvgIpc) is 2.84. The molecule has 1 aromatic carbocycles. The quantitative estimate of drug-likeness (QED) is 0.381. The maximum Gasteiger partial charge on any atom is 0.251 e. The van der Waals surface area contributed by atoms with Crippen LogP contribution < -0.4 is 4.90 Å². The van der Waals surface area contributed by atoms with Crippen molar-refractivity contribution in [3.8, 4) is 11.1 Å². The Kier molecular flexibility index (Phi) is 3.62. The molecule has 2 heterocycles. The first-order valence-electron chi connectivity index (χ1n) is 7.01. The lowest BCUT2D eigenvalue weighted by atomic mass is 9.86. The molecule has 114 valence electrons. The highest BCUT2D eigenvalue weighted by molar-refractivity contribution is 7.80. The summed E-state index contributed by atoms with van der Waals surface area (Å²) in [5.41, 5.74) is 5.08. The van der Waals surface area contributed by atoms with Gasteiger partial charge >= 0.3 is 0 Å². The number of rotatable bonds is 1. The van der Waals surface area contributed by atoms with Gasteiger partial charge < -0.3 is 0 Å². The number of carbonyl (C=O) groups is 1. The monoisotopic (exact) mass is 347 g/mol. The lowest BCUT2D eigenvalue weighted by Crippen LogP contribution is -2.47. The minimum atomic E-state index is -0.423. The first kappa shape index (κ1) is 15.6. The number of hydrogen-bond acceptors (Lipinski definition) is 4. The third kappa shape index (κ3) is 2.03. The fourth-order valence-corrected chi connectivity index (χ4v) is 6.25. The Balaban J connectivity index is 2.44. The van der Waals surface area contributed by atoms with E-state index in [0.29, 0.717) is 0 Å². The predicted molar refractivity (Wildman–Crippen MR) is 98.6 cm³/mol. The zero-order chi connectivity index (χ0) is 16.2. The van der Waals surface area contributed by atoms with Crippen molar-refractivity contribution in [3.05, 3.63) is 44.6 Å². The second-order valence-electron chi connectivity index (χ2n) is 6.05. The van der Waals surface area contributed by atoms with Gasteiger partial charge in [-0.2, -0.15) is 0 Å². The Morgan fingerprint density at radius 3 is 2.55 bits per heavy atom. The molecule has 3 rings (SSSR count). The summed E-state index contributed by atoms with van der Waals surface area (Å²) in [5, 5.41) is 0. The van der Waals surface area contributed by atoms with E-state index in [-0.39, 0.29) is 5.91 Å². The summed E-state index contributed by atoms with van der Waals surface area (Å²) in [6, 6.07) is 4.24. The smallest absolute Gasteiger partial charge is 0.251 e. The highest BCUT2D eigenvalue weighted by Gasteiger charge is 2.42. The summed E-state index contributed by atoms with van der Waals surface area (Å²) in [5.74, 6) is -0.0792. The van der Waals surface area contributed by atoms with Gasteiger partial charge in [-0.25, -0.2) is 0 Å². The summed E-state index contributed by atoms with van der Waals surface area (Å²) in [4.78, 5) is 15.6. The van der Waals surface area contributed by atoms with E-state index >= 15 is 0 Å². The molecule has 0 saturated heterocycles. The number of hydrogen-bond donors (Lipinski definition) is 0. The summed E-state index contributed by atoms with van der Waals surface area (Å²) in [6.07, 6.45) is 1.39. The van der Waals surface area contributed by atoms with Gasteiger partial charge in [-0.3, -0.25) is 9.69 Å². The van der Waals surface area contributed by atoms with Crippen LogP contribution in [0.4, 0.5) is 5.69 Å². The van der Waals surface area contributed by atoms with Crippen molar-refractivity contribution in [1.82, 2.24) is 0 Å². The van der Waals surface area contributed by atoms with E-state index in [2.05, 4.69) is 46.4 Å². The molecule has 2 nitrogen and oxygen atoms in total. The van der Waals surface area contributed by atoms with Gasteiger partial charge in [0.2, 0.25) is 0 Å². The van der Waals surface area contributed by atoms with Gasteiger partial charge in [0.05, 0.1) is 16.1 Å². The molecule has 0 radical (unpaired) electrons. The van der Waals surface area contributed by atoms with Crippen molar-refractivity contribution in [2.24, 2.45) is 0 Å². The molecular weight excluding hydrogens is 330 g/mol. The second-order valence-corrected chi connectivity index (χ2v) is 8.87. The van der Waals surface area contributed by atoms with Crippen LogP contribution in [0, 0.1) is 17.7 Å². The fraction of sp³-hybridized carbons (Fsp3) is 0.294. The molecule has 1 aliphatic heterocycles. The van der Waals surface area contributed by atoms with Gasteiger partial charge in [-0.1, -0.05) is 39.5 Å². The van der Waals surface area contributed by atoms with Crippen molar-refractivity contribution < 1.29 is 4.79 Å². The predicted octanol–water partition coefficient (Wildman–Crippen LogP) is 5.59. The number of fused-ring (bicyclic) bond motifs is 3. The number of benzene rings is 1. The van der Waals surface area contributed by atoms with E-state index in [1.54, 1.807) is 20.7 Å². The van der Waals surface area contributed by atoms with Gasteiger partial charge in [0, 0.05) is 11.1 Å². The van der Waals surface area contributed by atoms with E-state index < -0.39 is 5.54 Å². The van der Waals surface area contributed by atoms with Gasteiger partial charge in [-0.15, -0.1) is 0 Å². The molecule has 1 aromatic heterocycles. The van der Waals surface area contributed by atoms with Crippen molar-refractivity contribution in [2.45, 2.75) is 33.2 Å². The molecule has 5 heteroatoms. The largest absolute Gasteiger partial charge is 0.298 e. The molecule has 0 bridgehead atoms. The van der Waals surface area contributed by atoms with Gasteiger partial charge in [0.25, 0.3) is 5.91 Å². The maximum atomic E-state index is 12.5. The van der Waals surface area contributed by atoms with Crippen LogP contribution in [0.3, 0.4) is 0 Å². The Morgan fingerprint density at radius 2 is 1.91 bits per heavy atom. The van der Waals surface area contributed by atoms with Crippen molar-refractivity contribution in [3.63, 3.8) is 0 Å². The molecule has 0 N–H and O–H groups in total. The maximum absolute atomic E-state index is 12.5. The molecular formula is C17H17NOS3. The Morgan fingerprint density at radius 1 is 1.27 bits per heavy atom. The highest BCUT2D eigenvalue weighted by atomic mass is 32.9. The third-order valence-electron chi connectivity index (χ3n) is 4.26. The molecule has 0 fully saturated rings. The van der Waals surface area contributed by atoms with Crippen molar-refractivity contribution in [1.29, 1.82) is 0 Å². The number of amides is 1. The lowest BCUT2D eigenvalue weighted by molar-refractivity contribution is -0.115. The lowest BCUT2D eigenvalue weighted by Gasteiger charge is -2.42. The number of aryl methyl sites for hydroxylation is 2. The SMILES string of the molecule is C=CC(=O)N1c2cc(C)c(C)cc2-c2c(ssc2=S)C1(C)C. The molecule has 0 aliphatic carbocycles. The summed E-state index contributed by atoms with van der Waals surface area (Å²) < 4.78 is 0.906. The average molecular weight is 348 g/mol. The molecule has 0 atom stereocenters. The van der Waals surface area contributed by atoms with Gasteiger partial charge in [0.1, 0.15) is 3.82 Å². The van der Waals surface area contributed by atoms with Crippen LogP contribution in [0.5, 0.6) is 0 Å². The Labute approximate surface area is 143 Å². The minimum Gasteiger partial charge on any atom is -0.298 e. The number of nitrogens with zero attached hydrogens (tertiary/aromatic N) is 1. The van der Waals surface area contributed by atoms with E-state index in [0.717, 1.165) is 25.5 Å². The van der Waals surface area contributed by atoms with E-state index in [1.807, 2.05) is 4.90 Å². The standard InChI is InChI=1S/C17H17NOS3/c1-6-13(19)18-12-8-10(3)9(2)7-11(12)14-15(17(18,4)5)21-22-16(14)20/h6-8H,1H2,2-5H3. The molecule has 0 saturated carbocycles. The molecule has 0 spiro atoms. The van der Waals surface area contributed by atoms with Crippen molar-refractivity contribution in [2.75, 3.05) is 4.90 Å². The van der Waals surface area contributed by atoms with Crippen LogP contribution in [-0.2, 0) is 10.3 Å². The van der Waals surface area contributed by atoms with Crippen LogP contribution in [0.1, 0.15) is 29.9 Å². The van der Waals surface area contributed by atoms with Crippen LogP contribution in [0.25, 0.3) is 11.1 Å². The zero-order valence-electron chi connectivity index (χ0n) is 13.0. The van der Waals surface area contributed by atoms with Crippen LogP contribution >= 0.6 is 32.9 Å². The Hall–Kier alpha value is -1.30. The number of anilines is 1. The second kappa shape index (κ2) is 5.11. The first-order valence-corrected chi connectivity index (χ1v) is 9.56. The third-order valence-corrected chi connectivity index (χ3v) is 7.59. The van der Waals surface area contributed by atoms with E-state index in [9.17, 15) is 4.79 Å². The molecule has 1 amide bonds. The normalized spacial score (nSPS) is 15.2. The van der Waals surface area contributed by atoms with E-state index in [1.165, 1.54) is 17.2 Å². The van der Waals surface area contributed by atoms with Crippen LogP contribution in [0.2, 0.25) is 0 Å². The summed E-state index contributed by atoms with van der Waals surface area (Å²) in [7, 11) is 3.28. The van der Waals surface area contributed by atoms with E-state index in [4.69, 9.17) is 12.2 Å². The molecule has 0 unspecified atom stereocenters. The summed E-state index contributed by atoms with van der Waals surface area (Å²) >= 11 is 5.57. The molecule has 22 heavy (non-hydrogen) atoms. The molecule has 2 aromatic rings. The van der Waals surface area contributed by atoms with Crippen molar-refractivity contribution >= 4 is 44.5 Å². The first-order chi connectivity index (χ1) is 10.3. The van der Waals surface area contributed by atoms with Crippen LogP contribution in [-0.4, -0.2) is 5.91 Å². The van der Waals surface area contributed by atoms with Gasteiger partial charge in [-0.05, 0) is 57.0 Å². The topological polar surface area (TPSA) is 20.3 Å². The summed E-state index contributed by atoms with van der Waals surface area (Å²) in [6.45, 7) is 12.0. The fourth-order valence-electron chi connectivity index (χ4n) is 2.97.